The lowest BCUT2D eigenvalue weighted by molar-refractivity contribution is -0.146. The largest absolute Gasteiger partial charge is 0.459 e. The van der Waals surface area contributed by atoms with Crippen LogP contribution in [-0.4, -0.2) is 12.1 Å². The van der Waals surface area contributed by atoms with Crippen molar-refractivity contribution in [2.24, 2.45) is 0 Å². The normalized spacial score (nSPS) is 16.9. The molecule has 0 unspecified atom stereocenters. The molecule has 0 aromatic rings. The number of rotatable bonds is 2. The molecular weight excluding hydrogens is 140 g/mol. The SMILES string of the molecule is CC(C)=CC(=O)OC1CCC1. The molecule has 0 aromatic carbocycles. The van der Waals surface area contributed by atoms with Crippen LogP contribution < -0.4 is 0 Å². The van der Waals surface area contributed by atoms with Crippen LogP contribution in [0.15, 0.2) is 11.6 Å². The Bertz CT molecular complexity index is 174. The quantitative estimate of drug-likeness (QED) is 0.449. The van der Waals surface area contributed by atoms with Gasteiger partial charge in [0.05, 0.1) is 0 Å². The highest BCUT2D eigenvalue weighted by molar-refractivity contribution is 5.82. The summed E-state index contributed by atoms with van der Waals surface area (Å²) in [4.78, 5) is 11.0. The summed E-state index contributed by atoms with van der Waals surface area (Å²) in [7, 11) is 0. The highest BCUT2D eigenvalue weighted by Crippen LogP contribution is 2.21. The van der Waals surface area contributed by atoms with Gasteiger partial charge in [-0.05, 0) is 33.1 Å². The zero-order valence-corrected chi connectivity index (χ0v) is 7.09. The van der Waals surface area contributed by atoms with Gasteiger partial charge in [0.25, 0.3) is 0 Å². The van der Waals surface area contributed by atoms with Crippen LogP contribution >= 0.6 is 0 Å². The van der Waals surface area contributed by atoms with Crippen molar-refractivity contribution in [2.75, 3.05) is 0 Å². The van der Waals surface area contributed by atoms with E-state index in [9.17, 15) is 4.79 Å². The monoisotopic (exact) mass is 154 g/mol. The van der Waals surface area contributed by atoms with E-state index >= 15 is 0 Å². The van der Waals surface area contributed by atoms with Gasteiger partial charge in [0.2, 0.25) is 0 Å². The summed E-state index contributed by atoms with van der Waals surface area (Å²) >= 11 is 0. The first-order valence-electron chi connectivity index (χ1n) is 4.04. The van der Waals surface area contributed by atoms with Gasteiger partial charge in [0.1, 0.15) is 6.10 Å². The van der Waals surface area contributed by atoms with Gasteiger partial charge >= 0.3 is 5.97 Å². The smallest absolute Gasteiger partial charge is 0.330 e. The Balaban J connectivity index is 2.25. The summed E-state index contributed by atoms with van der Waals surface area (Å²) in [5, 5.41) is 0. The van der Waals surface area contributed by atoms with Crippen LogP contribution in [0.2, 0.25) is 0 Å². The van der Waals surface area contributed by atoms with Gasteiger partial charge in [-0.15, -0.1) is 0 Å². The van der Waals surface area contributed by atoms with Crippen molar-refractivity contribution >= 4 is 5.97 Å². The second kappa shape index (κ2) is 3.56. The van der Waals surface area contributed by atoms with E-state index in [-0.39, 0.29) is 12.1 Å². The van der Waals surface area contributed by atoms with E-state index in [0.29, 0.717) is 0 Å². The van der Waals surface area contributed by atoms with Gasteiger partial charge in [-0.25, -0.2) is 4.79 Å². The number of hydrogen-bond donors (Lipinski definition) is 0. The molecule has 62 valence electrons. The van der Waals surface area contributed by atoms with E-state index in [4.69, 9.17) is 4.74 Å². The molecule has 1 saturated carbocycles. The van der Waals surface area contributed by atoms with Crippen LogP contribution in [0.4, 0.5) is 0 Å². The molecule has 0 amide bonds. The van der Waals surface area contributed by atoms with E-state index in [2.05, 4.69) is 0 Å². The maximum absolute atomic E-state index is 11.0. The summed E-state index contributed by atoms with van der Waals surface area (Å²) in [6, 6.07) is 0. The lowest BCUT2D eigenvalue weighted by atomic mass is 9.96. The molecule has 0 N–H and O–H groups in total. The number of esters is 1. The van der Waals surface area contributed by atoms with Crippen molar-refractivity contribution in [2.45, 2.75) is 39.2 Å². The Hall–Kier alpha value is -0.790. The highest BCUT2D eigenvalue weighted by Gasteiger charge is 2.20. The first-order valence-corrected chi connectivity index (χ1v) is 4.04. The first-order chi connectivity index (χ1) is 5.18. The van der Waals surface area contributed by atoms with E-state index < -0.39 is 0 Å². The Morgan fingerprint density at radius 3 is 2.45 bits per heavy atom. The van der Waals surface area contributed by atoms with Crippen LogP contribution in [0.5, 0.6) is 0 Å². The average molecular weight is 154 g/mol. The summed E-state index contributed by atoms with van der Waals surface area (Å²) < 4.78 is 5.08. The van der Waals surface area contributed by atoms with Gasteiger partial charge in [0.15, 0.2) is 0 Å². The topological polar surface area (TPSA) is 26.3 Å². The molecule has 0 aromatic heterocycles. The maximum atomic E-state index is 11.0. The second-order valence-electron chi connectivity index (χ2n) is 3.21. The lowest BCUT2D eigenvalue weighted by Gasteiger charge is -2.24. The predicted molar refractivity (Wildman–Crippen MR) is 43.2 cm³/mol. The number of allylic oxidation sites excluding steroid dienone is 1. The fourth-order valence-electron chi connectivity index (χ4n) is 0.923. The molecule has 0 atom stereocenters. The number of hydrogen-bond acceptors (Lipinski definition) is 2. The van der Waals surface area contributed by atoms with E-state index in [1.54, 1.807) is 6.08 Å². The average Bonchev–Trinajstić information content (AvgIpc) is 1.77. The highest BCUT2D eigenvalue weighted by atomic mass is 16.5. The maximum Gasteiger partial charge on any atom is 0.330 e. The van der Waals surface area contributed by atoms with Gasteiger partial charge in [0, 0.05) is 6.08 Å². The van der Waals surface area contributed by atoms with Crippen LogP contribution in [-0.2, 0) is 9.53 Å². The van der Waals surface area contributed by atoms with Crippen molar-refractivity contribution < 1.29 is 9.53 Å². The minimum atomic E-state index is -0.185. The number of ether oxygens (including phenoxy) is 1. The molecule has 2 heteroatoms. The molecule has 1 aliphatic carbocycles. The molecule has 0 heterocycles. The third-order valence-electron chi connectivity index (χ3n) is 1.74. The van der Waals surface area contributed by atoms with Crippen LogP contribution in [0.3, 0.4) is 0 Å². The Kier molecular flexibility index (Phi) is 2.69. The zero-order valence-electron chi connectivity index (χ0n) is 7.09. The minimum absolute atomic E-state index is 0.185. The molecule has 0 aliphatic heterocycles. The fourth-order valence-corrected chi connectivity index (χ4v) is 0.923. The van der Waals surface area contributed by atoms with Gasteiger partial charge in [-0.2, -0.15) is 0 Å². The number of carbonyl (C=O) groups is 1. The standard InChI is InChI=1S/C9H14O2/c1-7(2)6-9(10)11-8-4-3-5-8/h6,8H,3-5H2,1-2H3. The van der Waals surface area contributed by atoms with Crippen LogP contribution in [0.25, 0.3) is 0 Å². The van der Waals surface area contributed by atoms with Crippen LogP contribution in [0.1, 0.15) is 33.1 Å². The molecule has 1 aliphatic rings. The van der Waals surface area contributed by atoms with E-state index in [1.165, 1.54) is 6.42 Å². The van der Waals surface area contributed by atoms with Gasteiger partial charge in [-0.3, -0.25) is 0 Å². The molecule has 0 saturated heterocycles. The molecular formula is C9H14O2. The summed E-state index contributed by atoms with van der Waals surface area (Å²) in [6.07, 6.45) is 5.04. The first kappa shape index (κ1) is 8.31. The third-order valence-corrected chi connectivity index (χ3v) is 1.74. The molecule has 1 rings (SSSR count). The fraction of sp³-hybridized carbons (Fsp3) is 0.667. The third kappa shape index (κ3) is 2.74. The van der Waals surface area contributed by atoms with Crippen molar-refractivity contribution in [1.29, 1.82) is 0 Å². The molecule has 0 bridgehead atoms. The molecule has 1 fully saturated rings. The molecule has 0 spiro atoms. The molecule has 2 nitrogen and oxygen atoms in total. The Labute approximate surface area is 67.2 Å². The Morgan fingerprint density at radius 2 is 2.09 bits per heavy atom. The molecule has 0 radical (unpaired) electrons. The molecule has 11 heavy (non-hydrogen) atoms. The summed E-state index contributed by atoms with van der Waals surface area (Å²) in [6.45, 7) is 3.78. The Morgan fingerprint density at radius 1 is 1.45 bits per heavy atom. The summed E-state index contributed by atoms with van der Waals surface area (Å²) in [5.74, 6) is -0.185. The second-order valence-corrected chi connectivity index (χ2v) is 3.21. The zero-order chi connectivity index (χ0) is 8.27. The lowest BCUT2D eigenvalue weighted by Crippen LogP contribution is -2.24. The van der Waals surface area contributed by atoms with E-state index in [1.807, 2.05) is 13.8 Å². The van der Waals surface area contributed by atoms with Crippen LogP contribution in [0, 0.1) is 0 Å². The van der Waals surface area contributed by atoms with Crippen molar-refractivity contribution in [3.8, 4) is 0 Å². The van der Waals surface area contributed by atoms with Crippen molar-refractivity contribution in [3.05, 3.63) is 11.6 Å². The minimum Gasteiger partial charge on any atom is -0.459 e. The summed E-state index contributed by atoms with van der Waals surface area (Å²) in [5.41, 5.74) is 0.995. The number of carbonyl (C=O) groups excluding carboxylic acids is 1. The van der Waals surface area contributed by atoms with Gasteiger partial charge < -0.3 is 4.74 Å². The van der Waals surface area contributed by atoms with Crippen molar-refractivity contribution in [3.63, 3.8) is 0 Å². The van der Waals surface area contributed by atoms with Gasteiger partial charge in [-0.1, -0.05) is 5.57 Å². The predicted octanol–water partition coefficient (Wildman–Crippen LogP) is 2.05. The van der Waals surface area contributed by atoms with Crippen molar-refractivity contribution in [1.82, 2.24) is 0 Å². The van der Waals surface area contributed by atoms with E-state index in [0.717, 1.165) is 18.4 Å².